The molecule has 106 valence electrons. The average molecular weight is 279 g/mol. The molecule has 0 fully saturated rings. The van der Waals surface area contributed by atoms with Crippen LogP contribution < -0.4 is 5.73 Å². The van der Waals surface area contributed by atoms with E-state index in [-0.39, 0.29) is 17.4 Å². The van der Waals surface area contributed by atoms with Crippen molar-refractivity contribution in [3.8, 4) is 5.69 Å². The predicted molar refractivity (Wildman–Crippen MR) is 69.8 cm³/mol. The van der Waals surface area contributed by atoms with Gasteiger partial charge in [0.05, 0.1) is 22.9 Å². The van der Waals surface area contributed by atoms with Crippen molar-refractivity contribution in [1.29, 1.82) is 0 Å². The molecule has 8 heteroatoms. The van der Waals surface area contributed by atoms with Gasteiger partial charge in [0.25, 0.3) is 5.69 Å². The van der Waals surface area contributed by atoms with E-state index in [9.17, 15) is 14.5 Å². The maximum Gasteiger partial charge on any atom is 0.295 e. The second-order valence-electron chi connectivity index (χ2n) is 4.37. The van der Waals surface area contributed by atoms with Crippen LogP contribution >= 0.6 is 0 Å². The van der Waals surface area contributed by atoms with Crippen LogP contribution in [0, 0.1) is 15.9 Å². The van der Waals surface area contributed by atoms with Gasteiger partial charge >= 0.3 is 0 Å². The first-order valence-corrected chi connectivity index (χ1v) is 6.15. The topological polar surface area (TPSA) is 99.9 Å². The summed E-state index contributed by atoms with van der Waals surface area (Å²) in [4.78, 5) is 10.4. The Morgan fingerprint density at radius 2 is 2.30 bits per heavy atom. The highest BCUT2D eigenvalue weighted by Gasteiger charge is 2.19. The lowest BCUT2D eigenvalue weighted by Crippen LogP contribution is -2.10. The van der Waals surface area contributed by atoms with Crippen molar-refractivity contribution in [2.75, 3.05) is 0 Å². The van der Waals surface area contributed by atoms with Gasteiger partial charge in [-0.25, -0.2) is 9.07 Å². The number of nitro groups is 1. The Balaban J connectivity index is 2.41. The summed E-state index contributed by atoms with van der Waals surface area (Å²) in [6.45, 7) is 1.99. The van der Waals surface area contributed by atoms with Gasteiger partial charge in [0.15, 0.2) is 0 Å². The quantitative estimate of drug-likeness (QED) is 0.667. The van der Waals surface area contributed by atoms with Crippen LogP contribution in [0.25, 0.3) is 5.69 Å². The molecule has 0 bridgehead atoms. The molecule has 2 aromatic rings. The van der Waals surface area contributed by atoms with Crippen molar-refractivity contribution in [3.63, 3.8) is 0 Å². The molecule has 7 nitrogen and oxygen atoms in total. The molecule has 0 spiro atoms. The minimum Gasteiger partial charge on any atom is -0.323 e. The number of nitro benzene ring substituents is 1. The Kier molecular flexibility index (Phi) is 4.04. The zero-order chi connectivity index (χ0) is 14.7. The first kappa shape index (κ1) is 14.1. The molecule has 0 amide bonds. The van der Waals surface area contributed by atoms with Crippen LogP contribution in [-0.4, -0.2) is 19.9 Å². The zero-order valence-corrected chi connectivity index (χ0v) is 10.9. The van der Waals surface area contributed by atoms with Crippen LogP contribution in [-0.2, 0) is 0 Å². The summed E-state index contributed by atoms with van der Waals surface area (Å²) < 4.78 is 14.4. The van der Waals surface area contributed by atoms with Gasteiger partial charge < -0.3 is 5.73 Å². The fourth-order valence-electron chi connectivity index (χ4n) is 1.86. The van der Waals surface area contributed by atoms with Gasteiger partial charge in [-0.2, -0.15) is 0 Å². The molecule has 2 N–H and O–H groups in total. The predicted octanol–water partition coefficient (Wildman–Crippen LogP) is 2.11. The molecule has 20 heavy (non-hydrogen) atoms. The highest BCUT2D eigenvalue weighted by Crippen LogP contribution is 2.24. The van der Waals surface area contributed by atoms with Gasteiger partial charge in [0, 0.05) is 12.1 Å². The fraction of sp³-hybridized carbons (Fsp3) is 0.333. The van der Waals surface area contributed by atoms with Gasteiger partial charge in [-0.05, 0) is 12.5 Å². The lowest BCUT2D eigenvalue weighted by molar-refractivity contribution is -0.384. The molecule has 2 rings (SSSR count). The molecule has 1 aromatic heterocycles. The number of aromatic nitrogens is 3. The summed E-state index contributed by atoms with van der Waals surface area (Å²) in [5, 5.41) is 18.6. The maximum absolute atomic E-state index is 13.3. The van der Waals surface area contributed by atoms with Gasteiger partial charge in [0.2, 0.25) is 0 Å². The summed E-state index contributed by atoms with van der Waals surface area (Å²) >= 11 is 0. The minimum atomic E-state index is -0.595. The summed E-state index contributed by atoms with van der Waals surface area (Å²) in [5.41, 5.74) is 6.20. The van der Waals surface area contributed by atoms with Crippen molar-refractivity contribution in [2.45, 2.75) is 25.8 Å². The standard InChI is InChI=1S/C12H14FN5O2/c1-2-3-9(14)10-7-17(16-15-10)12-6-8(13)4-5-11(12)18(19)20/h4-7,9H,2-3,14H2,1H3. The first-order valence-electron chi connectivity index (χ1n) is 6.15. The van der Waals surface area contributed by atoms with Crippen molar-refractivity contribution < 1.29 is 9.31 Å². The SMILES string of the molecule is CCCC(N)c1cn(-c2cc(F)ccc2[N+](=O)[O-])nn1. The van der Waals surface area contributed by atoms with E-state index in [1.165, 1.54) is 10.9 Å². The van der Waals surface area contributed by atoms with Gasteiger partial charge in [-0.15, -0.1) is 5.10 Å². The van der Waals surface area contributed by atoms with E-state index in [0.29, 0.717) is 5.69 Å². The second kappa shape index (κ2) is 5.74. The van der Waals surface area contributed by atoms with E-state index < -0.39 is 10.7 Å². The van der Waals surface area contributed by atoms with E-state index in [1.807, 2.05) is 6.92 Å². The Morgan fingerprint density at radius 3 is 2.95 bits per heavy atom. The molecule has 0 aliphatic heterocycles. The number of hydrogen-bond donors (Lipinski definition) is 1. The summed E-state index contributed by atoms with van der Waals surface area (Å²) in [6.07, 6.45) is 3.10. The Morgan fingerprint density at radius 1 is 1.55 bits per heavy atom. The van der Waals surface area contributed by atoms with Crippen LogP contribution in [0.4, 0.5) is 10.1 Å². The number of nitrogens with zero attached hydrogens (tertiary/aromatic N) is 4. The average Bonchev–Trinajstić information content (AvgIpc) is 2.88. The normalized spacial score (nSPS) is 12.3. The maximum atomic E-state index is 13.3. The van der Waals surface area contributed by atoms with Crippen LogP contribution in [0.15, 0.2) is 24.4 Å². The summed E-state index contributed by atoms with van der Waals surface area (Å²) in [5.74, 6) is -0.583. The van der Waals surface area contributed by atoms with E-state index in [4.69, 9.17) is 5.73 Å². The molecule has 1 aromatic carbocycles. The second-order valence-corrected chi connectivity index (χ2v) is 4.37. The molecular formula is C12H14FN5O2. The number of hydrogen-bond acceptors (Lipinski definition) is 5. The number of nitrogens with two attached hydrogens (primary N) is 1. The molecule has 0 aliphatic carbocycles. The number of rotatable bonds is 5. The lowest BCUT2D eigenvalue weighted by atomic mass is 10.1. The van der Waals surface area contributed by atoms with Crippen LogP contribution in [0.1, 0.15) is 31.5 Å². The Hall–Kier alpha value is -2.35. The van der Waals surface area contributed by atoms with Gasteiger partial charge in [-0.1, -0.05) is 18.6 Å². The molecule has 0 radical (unpaired) electrons. The van der Waals surface area contributed by atoms with Crippen molar-refractivity contribution in [2.24, 2.45) is 5.73 Å². The third-order valence-corrected chi connectivity index (χ3v) is 2.87. The molecule has 0 saturated carbocycles. The van der Waals surface area contributed by atoms with Crippen molar-refractivity contribution in [1.82, 2.24) is 15.0 Å². The lowest BCUT2D eigenvalue weighted by Gasteiger charge is -2.04. The third-order valence-electron chi connectivity index (χ3n) is 2.87. The van der Waals surface area contributed by atoms with E-state index in [2.05, 4.69) is 10.3 Å². The smallest absolute Gasteiger partial charge is 0.295 e. The molecule has 0 aliphatic rings. The van der Waals surface area contributed by atoms with Crippen LogP contribution in [0.3, 0.4) is 0 Å². The van der Waals surface area contributed by atoms with Crippen LogP contribution in [0.5, 0.6) is 0 Å². The van der Waals surface area contributed by atoms with Crippen molar-refractivity contribution >= 4 is 5.69 Å². The third kappa shape index (κ3) is 2.80. The molecule has 1 heterocycles. The first-order chi connectivity index (χ1) is 9.52. The van der Waals surface area contributed by atoms with E-state index >= 15 is 0 Å². The Bertz CT molecular complexity index is 628. The minimum absolute atomic E-state index is 0.0254. The number of halogens is 1. The fourth-order valence-corrected chi connectivity index (χ4v) is 1.86. The van der Waals surface area contributed by atoms with E-state index in [0.717, 1.165) is 31.0 Å². The molecule has 0 saturated heterocycles. The zero-order valence-electron chi connectivity index (χ0n) is 10.9. The number of benzene rings is 1. The van der Waals surface area contributed by atoms with Gasteiger partial charge in [-0.3, -0.25) is 10.1 Å². The van der Waals surface area contributed by atoms with Crippen LogP contribution in [0.2, 0.25) is 0 Å². The molecular weight excluding hydrogens is 265 g/mol. The monoisotopic (exact) mass is 279 g/mol. The summed E-state index contributed by atoms with van der Waals surface area (Å²) in [6, 6.07) is 2.88. The molecule has 1 unspecified atom stereocenters. The Labute approximate surface area is 114 Å². The largest absolute Gasteiger partial charge is 0.323 e. The van der Waals surface area contributed by atoms with Gasteiger partial charge in [0.1, 0.15) is 11.5 Å². The van der Waals surface area contributed by atoms with Crippen molar-refractivity contribution in [3.05, 3.63) is 46.0 Å². The highest BCUT2D eigenvalue weighted by molar-refractivity contribution is 5.51. The summed E-state index contributed by atoms with van der Waals surface area (Å²) in [7, 11) is 0. The molecule has 1 atom stereocenters. The van der Waals surface area contributed by atoms with E-state index in [1.54, 1.807) is 0 Å². The highest BCUT2D eigenvalue weighted by atomic mass is 19.1.